The Morgan fingerprint density at radius 2 is 1.80 bits per heavy atom. The van der Waals surface area contributed by atoms with Gasteiger partial charge in [0.1, 0.15) is 6.20 Å². The zero-order valence-electron chi connectivity index (χ0n) is 11.2. The fourth-order valence-corrected chi connectivity index (χ4v) is 3.23. The van der Waals surface area contributed by atoms with E-state index in [-0.39, 0.29) is 4.90 Å². The lowest BCUT2D eigenvalue weighted by molar-refractivity contribution is -0.655. The molecular weight excluding hydrogens is 284 g/mol. The van der Waals surface area contributed by atoms with Crippen molar-refractivity contribution in [2.45, 2.75) is 25.7 Å². The van der Waals surface area contributed by atoms with Gasteiger partial charge in [-0.05, 0) is 48.6 Å². The van der Waals surface area contributed by atoms with Crippen molar-refractivity contribution in [1.82, 2.24) is 15.1 Å². The van der Waals surface area contributed by atoms with E-state index in [0.29, 0.717) is 15.1 Å². The molecular formula is C11H14N4O4S. The Bertz CT molecular complexity index is 699. The van der Waals surface area contributed by atoms with Crippen LogP contribution < -0.4 is 5.53 Å². The third-order valence-electron chi connectivity index (χ3n) is 3.27. The minimum Gasteiger partial charge on any atom is -0.233 e. The predicted molar refractivity (Wildman–Crippen MR) is 70.8 cm³/mol. The molecule has 20 heavy (non-hydrogen) atoms. The summed E-state index contributed by atoms with van der Waals surface area (Å²) in [5.41, 5.74) is 4.64. The summed E-state index contributed by atoms with van der Waals surface area (Å²) < 4.78 is 25.6. The van der Waals surface area contributed by atoms with Crippen LogP contribution >= 0.6 is 0 Å². The predicted octanol–water partition coefficient (Wildman–Crippen LogP) is 1.00. The molecule has 1 heterocycles. The third kappa shape index (κ3) is 2.21. The SMILES string of the molecule is Cc1ccc(S(=O)(=O)N2C=CN([N+](=O)[O-])N2)c(C)c1C. The van der Waals surface area contributed by atoms with Gasteiger partial charge >= 0.3 is 0 Å². The first-order valence-corrected chi connectivity index (χ1v) is 7.18. The number of hydrogen-bond acceptors (Lipinski definition) is 5. The van der Waals surface area contributed by atoms with Gasteiger partial charge in [0.05, 0.1) is 11.1 Å². The monoisotopic (exact) mass is 298 g/mol. The van der Waals surface area contributed by atoms with E-state index in [0.717, 1.165) is 23.5 Å². The highest BCUT2D eigenvalue weighted by atomic mass is 32.2. The van der Waals surface area contributed by atoms with Crippen molar-refractivity contribution >= 4 is 10.0 Å². The van der Waals surface area contributed by atoms with Crippen LogP contribution in [-0.2, 0) is 10.0 Å². The normalized spacial score (nSPS) is 14.9. The molecule has 0 saturated heterocycles. The second kappa shape index (κ2) is 4.76. The molecule has 0 unspecified atom stereocenters. The molecule has 9 heteroatoms. The van der Waals surface area contributed by atoms with Gasteiger partial charge in [-0.25, -0.2) is 10.1 Å². The van der Waals surface area contributed by atoms with Crippen molar-refractivity contribution in [2.75, 3.05) is 0 Å². The number of sulfonamides is 1. The number of hydrogen-bond donors (Lipinski definition) is 1. The van der Waals surface area contributed by atoms with Crippen LogP contribution in [-0.4, -0.2) is 23.0 Å². The summed E-state index contributed by atoms with van der Waals surface area (Å²) in [5, 5.41) is 10.3. The van der Waals surface area contributed by atoms with Gasteiger partial charge in [-0.1, -0.05) is 11.6 Å². The van der Waals surface area contributed by atoms with E-state index in [1.807, 2.05) is 13.8 Å². The van der Waals surface area contributed by atoms with Crippen molar-refractivity contribution in [3.8, 4) is 0 Å². The molecule has 0 fully saturated rings. The number of nitrogens with one attached hydrogen (secondary N) is 1. The van der Waals surface area contributed by atoms with E-state index in [1.54, 1.807) is 13.0 Å². The van der Waals surface area contributed by atoms with Gasteiger partial charge in [0.15, 0.2) is 5.03 Å². The molecule has 0 amide bonds. The van der Waals surface area contributed by atoms with Gasteiger partial charge in [-0.3, -0.25) is 0 Å². The van der Waals surface area contributed by atoms with Gasteiger partial charge in [-0.15, -0.1) is 0 Å². The zero-order valence-corrected chi connectivity index (χ0v) is 12.0. The Kier molecular flexibility index (Phi) is 3.40. The average molecular weight is 298 g/mol. The third-order valence-corrected chi connectivity index (χ3v) is 4.98. The lowest BCUT2D eigenvalue weighted by Crippen LogP contribution is -2.45. The van der Waals surface area contributed by atoms with Gasteiger partial charge < -0.3 is 0 Å². The van der Waals surface area contributed by atoms with Crippen LogP contribution in [0.4, 0.5) is 0 Å². The minimum atomic E-state index is -3.89. The maximum Gasteiger partial charge on any atom is 0.279 e. The molecule has 0 aliphatic carbocycles. The van der Waals surface area contributed by atoms with Crippen molar-refractivity contribution in [3.05, 3.63) is 51.3 Å². The Balaban J connectivity index is 2.41. The number of rotatable bonds is 3. The highest BCUT2D eigenvalue weighted by Gasteiger charge is 2.31. The molecule has 0 saturated carbocycles. The van der Waals surface area contributed by atoms with E-state index in [9.17, 15) is 18.5 Å². The summed E-state index contributed by atoms with van der Waals surface area (Å²) in [6.07, 6.45) is 2.11. The fraction of sp³-hybridized carbons (Fsp3) is 0.273. The summed E-state index contributed by atoms with van der Waals surface area (Å²) in [6, 6.07) is 3.21. The summed E-state index contributed by atoms with van der Waals surface area (Å²) >= 11 is 0. The topological polar surface area (TPSA) is 95.8 Å². The van der Waals surface area contributed by atoms with Crippen molar-refractivity contribution in [3.63, 3.8) is 0 Å². The molecule has 0 atom stereocenters. The first-order chi connectivity index (χ1) is 9.25. The molecule has 0 radical (unpaired) electrons. The van der Waals surface area contributed by atoms with E-state index in [2.05, 4.69) is 5.53 Å². The molecule has 0 bridgehead atoms. The van der Waals surface area contributed by atoms with Crippen molar-refractivity contribution in [2.24, 2.45) is 0 Å². The molecule has 1 aliphatic rings. The number of aryl methyl sites for hydroxylation is 1. The van der Waals surface area contributed by atoms with Crippen LogP contribution in [0.5, 0.6) is 0 Å². The average Bonchev–Trinajstić information content (AvgIpc) is 2.86. The summed E-state index contributed by atoms with van der Waals surface area (Å²) in [7, 11) is -3.89. The summed E-state index contributed by atoms with van der Waals surface area (Å²) in [4.78, 5) is 10.7. The molecule has 8 nitrogen and oxygen atoms in total. The van der Waals surface area contributed by atoms with Crippen LogP contribution in [0.25, 0.3) is 0 Å². The van der Waals surface area contributed by atoms with E-state index in [1.165, 1.54) is 6.07 Å². The standard InChI is InChI=1S/C11H14N4O4S/c1-8-4-5-11(10(3)9(8)2)20(18,19)14-7-6-13(12-14)15(16)17/h4-7,12H,1-3H3. The Labute approximate surface area is 116 Å². The highest BCUT2D eigenvalue weighted by Crippen LogP contribution is 2.25. The quantitative estimate of drug-likeness (QED) is 0.660. The lowest BCUT2D eigenvalue weighted by atomic mass is 10.1. The second-order valence-electron chi connectivity index (χ2n) is 4.41. The smallest absolute Gasteiger partial charge is 0.233 e. The first kappa shape index (κ1) is 14.3. The lowest BCUT2D eigenvalue weighted by Gasteiger charge is -2.19. The van der Waals surface area contributed by atoms with Crippen molar-refractivity contribution < 1.29 is 13.5 Å². The highest BCUT2D eigenvalue weighted by molar-refractivity contribution is 7.89. The van der Waals surface area contributed by atoms with Crippen LogP contribution in [0.3, 0.4) is 0 Å². The number of nitrogens with zero attached hydrogens (tertiary/aromatic N) is 3. The maximum atomic E-state index is 12.4. The molecule has 108 valence electrons. The van der Waals surface area contributed by atoms with Crippen LogP contribution in [0.2, 0.25) is 0 Å². The number of benzene rings is 1. The molecule has 0 spiro atoms. The summed E-state index contributed by atoms with van der Waals surface area (Å²) in [6.45, 7) is 5.43. The molecule has 1 aromatic carbocycles. The minimum absolute atomic E-state index is 0.114. The van der Waals surface area contributed by atoms with Crippen molar-refractivity contribution in [1.29, 1.82) is 0 Å². The number of nitro groups is 1. The van der Waals surface area contributed by atoms with E-state index >= 15 is 0 Å². The number of hydrazine groups is 3. The molecule has 0 aromatic heterocycles. The molecule has 1 aliphatic heterocycles. The molecule has 2 rings (SSSR count). The zero-order chi connectivity index (χ0) is 15.1. The molecule has 1 N–H and O–H groups in total. The Hall–Kier alpha value is -2.13. The first-order valence-electron chi connectivity index (χ1n) is 5.74. The fourth-order valence-electron chi connectivity index (χ4n) is 1.83. The second-order valence-corrected chi connectivity index (χ2v) is 6.20. The van der Waals surface area contributed by atoms with Gasteiger partial charge in [0.2, 0.25) is 0 Å². The maximum absolute atomic E-state index is 12.4. The summed E-state index contributed by atoms with van der Waals surface area (Å²) in [5.74, 6) is 0. The van der Waals surface area contributed by atoms with E-state index < -0.39 is 15.1 Å². The van der Waals surface area contributed by atoms with Gasteiger partial charge in [0, 0.05) is 0 Å². The van der Waals surface area contributed by atoms with Crippen LogP contribution in [0.1, 0.15) is 16.7 Å². The van der Waals surface area contributed by atoms with E-state index in [4.69, 9.17) is 0 Å². The van der Waals surface area contributed by atoms with Crippen LogP contribution in [0, 0.1) is 30.9 Å². The van der Waals surface area contributed by atoms with Crippen LogP contribution in [0.15, 0.2) is 29.4 Å². The molecule has 1 aromatic rings. The Morgan fingerprint density at radius 1 is 1.15 bits per heavy atom. The van der Waals surface area contributed by atoms with Gasteiger partial charge in [-0.2, -0.15) is 12.8 Å². The van der Waals surface area contributed by atoms with Gasteiger partial charge in [0.25, 0.3) is 10.0 Å². The Morgan fingerprint density at radius 3 is 2.35 bits per heavy atom. The largest absolute Gasteiger partial charge is 0.279 e.